The maximum Gasteiger partial charge on any atom is 0.256 e. The molecule has 2 aliphatic heterocycles. The minimum absolute atomic E-state index is 0.0210. The number of carbonyl (C=O) groups is 4. The molecule has 10 heteroatoms. The zero-order chi connectivity index (χ0) is 30.4. The fourth-order valence-corrected chi connectivity index (χ4v) is 5.02. The van der Waals surface area contributed by atoms with Crippen LogP contribution in [0.2, 0.25) is 0 Å². The van der Waals surface area contributed by atoms with Gasteiger partial charge in [0.2, 0.25) is 11.7 Å². The van der Waals surface area contributed by atoms with E-state index < -0.39 is 35.2 Å². The molecule has 0 radical (unpaired) electrons. The van der Waals surface area contributed by atoms with Gasteiger partial charge in [0.25, 0.3) is 17.7 Å². The Labute approximate surface area is 246 Å². The SMILES string of the molecule is COCC(=O)N1C=C(c2ccccc2)N(CC(=O)N[C@@H](Cc2ccccc2)C(=O)C2=NC(C)(C)CO2)C(=O)[C@@H]1C(C)C. The van der Waals surface area contributed by atoms with Gasteiger partial charge in [-0.2, -0.15) is 0 Å². The van der Waals surface area contributed by atoms with E-state index >= 15 is 0 Å². The Hall–Kier alpha value is -4.31. The number of carbonyl (C=O) groups excluding carboxylic acids is 4. The molecule has 0 spiro atoms. The molecule has 2 atom stereocenters. The zero-order valence-corrected chi connectivity index (χ0v) is 24.7. The Balaban J connectivity index is 1.65. The van der Waals surface area contributed by atoms with Gasteiger partial charge in [-0.3, -0.25) is 24.1 Å². The van der Waals surface area contributed by atoms with Crippen molar-refractivity contribution in [3.8, 4) is 0 Å². The quantitative estimate of drug-likeness (QED) is 0.441. The number of ketones is 1. The Morgan fingerprint density at radius 1 is 1.07 bits per heavy atom. The second-order valence-electron chi connectivity index (χ2n) is 11.4. The molecule has 0 aromatic heterocycles. The first-order valence-electron chi connectivity index (χ1n) is 14.0. The lowest BCUT2D eigenvalue weighted by Gasteiger charge is -2.41. The van der Waals surface area contributed by atoms with Crippen molar-refractivity contribution in [1.29, 1.82) is 0 Å². The molecule has 4 rings (SSSR count). The van der Waals surface area contributed by atoms with Crippen LogP contribution in [-0.4, -0.2) is 83.7 Å². The number of nitrogens with zero attached hydrogens (tertiary/aromatic N) is 3. The van der Waals surface area contributed by atoms with E-state index in [4.69, 9.17) is 9.47 Å². The minimum Gasteiger partial charge on any atom is -0.473 e. The molecule has 2 aliphatic rings. The highest BCUT2D eigenvalue weighted by Gasteiger charge is 2.41. The smallest absolute Gasteiger partial charge is 0.256 e. The highest BCUT2D eigenvalue weighted by Crippen LogP contribution is 2.30. The molecule has 0 unspecified atom stereocenters. The maximum atomic E-state index is 14.0. The summed E-state index contributed by atoms with van der Waals surface area (Å²) in [4.78, 5) is 61.2. The van der Waals surface area contributed by atoms with E-state index in [-0.39, 0.29) is 43.9 Å². The third-order valence-corrected chi connectivity index (χ3v) is 7.04. The van der Waals surface area contributed by atoms with Gasteiger partial charge >= 0.3 is 0 Å². The van der Waals surface area contributed by atoms with E-state index in [0.29, 0.717) is 11.3 Å². The second-order valence-corrected chi connectivity index (χ2v) is 11.4. The molecule has 0 bridgehead atoms. The monoisotopic (exact) mass is 574 g/mol. The van der Waals surface area contributed by atoms with Crippen LogP contribution in [-0.2, 0) is 35.1 Å². The Morgan fingerprint density at radius 2 is 1.71 bits per heavy atom. The number of benzene rings is 2. The highest BCUT2D eigenvalue weighted by molar-refractivity contribution is 6.39. The van der Waals surface area contributed by atoms with E-state index in [0.717, 1.165) is 5.56 Å². The topological polar surface area (TPSA) is 118 Å². The van der Waals surface area contributed by atoms with Crippen molar-refractivity contribution in [2.75, 3.05) is 26.9 Å². The average molecular weight is 575 g/mol. The van der Waals surface area contributed by atoms with E-state index in [1.54, 1.807) is 18.3 Å². The van der Waals surface area contributed by atoms with Crippen molar-refractivity contribution in [3.63, 3.8) is 0 Å². The molecule has 222 valence electrons. The van der Waals surface area contributed by atoms with Crippen molar-refractivity contribution in [3.05, 3.63) is 78.0 Å². The Bertz CT molecular complexity index is 1370. The van der Waals surface area contributed by atoms with Gasteiger partial charge < -0.3 is 19.7 Å². The first-order chi connectivity index (χ1) is 20.0. The van der Waals surface area contributed by atoms with E-state index in [2.05, 4.69) is 10.3 Å². The minimum atomic E-state index is -0.961. The number of methoxy groups -OCH3 is 1. The van der Waals surface area contributed by atoms with Crippen molar-refractivity contribution >= 4 is 35.1 Å². The lowest BCUT2D eigenvalue weighted by Crippen LogP contribution is -2.57. The summed E-state index contributed by atoms with van der Waals surface area (Å²) in [5.41, 5.74) is 1.36. The third kappa shape index (κ3) is 7.12. The number of Topliss-reactive ketones (excluding diaryl/α,β-unsaturated/α-hetero) is 1. The molecule has 2 aromatic carbocycles. The number of amides is 3. The van der Waals surface area contributed by atoms with Crippen LogP contribution < -0.4 is 5.32 Å². The molecular weight excluding hydrogens is 536 g/mol. The molecule has 0 saturated heterocycles. The molecule has 42 heavy (non-hydrogen) atoms. The molecule has 3 amide bonds. The summed E-state index contributed by atoms with van der Waals surface area (Å²) < 4.78 is 10.7. The largest absolute Gasteiger partial charge is 0.473 e. The maximum absolute atomic E-state index is 14.0. The number of hydrogen-bond donors (Lipinski definition) is 1. The van der Waals surface area contributed by atoms with Gasteiger partial charge in [-0.05, 0) is 30.9 Å². The predicted molar refractivity (Wildman–Crippen MR) is 158 cm³/mol. The van der Waals surface area contributed by atoms with Crippen LogP contribution in [0.3, 0.4) is 0 Å². The molecule has 2 heterocycles. The van der Waals surface area contributed by atoms with Gasteiger partial charge in [-0.1, -0.05) is 74.5 Å². The van der Waals surface area contributed by atoms with Gasteiger partial charge in [0.05, 0.1) is 11.2 Å². The van der Waals surface area contributed by atoms with Crippen LogP contribution >= 0.6 is 0 Å². The first kappa shape index (κ1) is 30.6. The van der Waals surface area contributed by atoms with Crippen LogP contribution in [0.1, 0.15) is 38.8 Å². The van der Waals surface area contributed by atoms with Crippen LogP contribution in [0.5, 0.6) is 0 Å². The first-order valence-corrected chi connectivity index (χ1v) is 14.0. The Morgan fingerprint density at radius 3 is 2.29 bits per heavy atom. The summed E-state index contributed by atoms with van der Waals surface area (Å²) in [5, 5.41) is 2.84. The third-order valence-electron chi connectivity index (χ3n) is 7.04. The molecule has 0 aliphatic carbocycles. The standard InChI is InChI=1S/C32H38N4O6/c1-21(2)28-31(40)35(25(23-14-10-7-11-15-23)17-36(28)27(38)19-41-5)18-26(37)33-24(16-22-12-8-6-9-13-22)29(39)30-34-32(3,4)20-42-30/h6-15,17,21,24,28H,16,18-20H2,1-5H3,(H,33,37)/t24-,28-/m0/s1. The highest BCUT2D eigenvalue weighted by atomic mass is 16.5. The molecule has 1 N–H and O–H groups in total. The van der Waals surface area contributed by atoms with Gasteiger partial charge in [0, 0.05) is 19.7 Å². The van der Waals surface area contributed by atoms with Crippen molar-refractivity contribution in [2.45, 2.75) is 51.7 Å². The molecular formula is C32H38N4O6. The summed E-state index contributed by atoms with van der Waals surface area (Å²) in [6.07, 6.45) is 1.82. The van der Waals surface area contributed by atoms with Crippen molar-refractivity contribution < 1.29 is 28.7 Å². The number of aliphatic imine (C=N–C) groups is 1. The molecule has 0 fully saturated rings. The van der Waals surface area contributed by atoms with Crippen molar-refractivity contribution in [2.24, 2.45) is 10.9 Å². The van der Waals surface area contributed by atoms with E-state index in [9.17, 15) is 19.2 Å². The fraction of sp³-hybridized carbons (Fsp3) is 0.406. The normalized spacial score (nSPS) is 18.7. The van der Waals surface area contributed by atoms with E-state index in [1.807, 2.05) is 76.2 Å². The fourth-order valence-electron chi connectivity index (χ4n) is 5.02. The second kappa shape index (κ2) is 13.1. The lowest BCUT2D eigenvalue weighted by atomic mass is 9.97. The lowest BCUT2D eigenvalue weighted by molar-refractivity contribution is -0.147. The number of ether oxygens (including phenoxy) is 2. The molecule has 10 nitrogen and oxygen atoms in total. The number of nitrogens with one attached hydrogen (secondary N) is 1. The summed E-state index contributed by atoms with van der Waals surface area (Å²) in [5.74, 6) is -1.99. The van der Waals surface area contributed by atoms with Gasteiger partial charge in [-0.25, -0.2) is 4.99 Å². The summed E-state index contributed by atoms with van der Waals surface area (Å²) >= 11 is 0. The molecule has 0 saturated carbocycles. The summed E-state index contributed by atoms with van der Waals surface area (Å²) in [6, 6.07) is 16.6. The average Bonchev–Trinajstić information content (AvgIpc) is 3.33. The van der Waals surface area contributed by atoms with Crippen molar-refractivity contribution in [1.82, 2.24) is 15.1 Å². The van der Waals surface area contributed by atoms with Gasteiger partial charge in [0.15, 0.2) is 0 Å². The predicted octanol–water partition coefficient (Wildman–Crippen LogP) is 2.83. The summed E-state index contributed by atoms with van der Waals surface area (Å²) in [7, 11) is 1.42. The number of hydrogen-bond acceptors (Lipinski definition) is 7. The van der Waals surface area contributed by atoms with E-state index in [1.165, 1.54) is 16.9 Å². The molecule has 2 aromatic rings. The summed E-state index contributed by atoms with van der Waals surface area (Å²) in [6.45, 7) is 7.13. The van der Waals surface area contributed by atoms with Crippen LogP contribution in [0.25, 0.3) is 5.70 Å². The van der Waals surface area contributed by atoms with Gasteiger partial charge in [-0.15, -0.1) is 0 Å². The Kier molecular flexibility index (Phi) is 9.57. The van der Waals surface area contributed by atoms with Crippen LogP contribution in [0.15, 0.2) is 71.9 Å². The van der Waals surface area contributed by atoms with Crippen LogP contribution in [0, 0.1) is 5.92 Å². The number of rotatable bonds is 11. The van der Waals surface area contributed by atoms with Gasteiger partial charge in [0.1, 0.15) is 31.8 Å². The zero-order valence-electron chi connectivity index (χ0n) is 24.7. The van der Waals surface area contributed by atoms with Crippen LogP contribution in [0.4, 0.5) is 0 Å².